The van der Waals surface area contributed by atoms with Crippen molar-refractivity contribution in [3.8, 4) is 5.75 Å². The van der Waals surface area contributed by atoms with Crippen LogP contribution in [0.5, 0.6) is 5.75 Å². The minimum atomic E-state index is 0. The van der Waals surface area contributed by atoms with Gasteiger partial charge in [-0.2, -0.15) is 0 Å². The Morgan fingerprint density at radius 1 is 1.31 bits per heavy atom. The van der Waals surface area contributed by atoms with Gasteiger partial charge in [-0.1, -0.05) is 26.0 Å². The highest BCUT2D eigenvalue weighted by Gasteiger charge is 2.36. The van der Waals surface area contributed by atoms with Crippen molar-refractivity contribution in [2.75, 3.05) is 26.7 Å². The number of benzene rings is 1. The Balaban J connectivity index is 0.00000243. The van der Waals surface area contributed by atoms with Crippen LogP contribution in [0.25, 0.3) is 0 Å². The fourth-order valence-corrected chi connectivity index (χ4v) is 3.76. The Hall–Kier alpha value is -1.30. The van der Waals surface area contributed by atoms with E-state index in [2.05, 4.69) is 36.2 Å². The molecule has 1 aliphatic heterocycles. The second kappa shape index (κ2) is 8.59. The number of methoxy groups -OCH3 is 1. The van der Waals surface area contributed by atoms with E-state index in [1.807, 2.05) is 12.1 Å². The lowest BCUT2D eigenvalue weighted by Gasteiger charge is -2.42. The molecule has 5 nitrogen and oxygen atoms in total. The maximum absolute atomic E-state index is 12.6. The van der Waals surface area contributed by atoms with Gasteiger partial charge in [0, 0.05) is 19.1 Å². The maximum atomic E-state index is 12.6. The van der Waals surface area contributed by atoms with Crippen LogP contribution in [0.1, 0.15) is 44.7 Å². The predicted octanol–water partition coefficient (Wildman–Crippen LogP) is 2.74. The van der Waals surface area contributed by atoms with Gasteiger partial charge in [-0.15, -0.1) is 12.4 Å². The number of halogens is 1. The summed E-state index contributed by atoms with van der Waals surface area (Å²) in [4.78, 5) is 14.9. The van der Waals surface area contributed by atoms with E-state index in [0.717, 1.165) is 30.8 Å². The van der Waals surface area contributed by atoms with E-state index in [-0.39, 0.29) is 35.8 Å². The van der Waals surface area contributed by atoms with Gasteiger partial charge in [0.1, 0.15) is 5.75 Å². The molecule has 1 aromatic rings. The molecule has 0 radical (unpaired) electrons. The first-order valence-electron chi connectivity index (χ1n) is 9.30. The van der Waals surface area contributed by atoms with Crippen LogP contribution >= 0.6 is 12.4 Å². The fraction of sp³-hybridized carbons (Fsp3) is 0.650. The van der Waals surface area contributed by atoms with Crippen molar-refractivity contribution in [2.24, 2.45) is 17.1 Å². The lowest BCUT2D eigenvalue weighted by Crippen LogP contribution is -2.54. The van der Waals surface area contributed by atoms with Gasteiger partial charge in [0.15, 0.2) is 0 Å². The third-order valence-electron chi connectivity index (χ3n) is 5.64. The topological polar surface area (TPSA) is 67.6 Å². The molecule has 6 heteroatoms. The third-order valence-corrected chi connectivity index (χ3v) is 5.64. The summed E-state index contributed by atoms with van der Waals surface area (Å²) < 4.78 is 5.23. The molecule has 0 spiro atoms. The average molecular weight is 382 g/mol. The summed E-state index contributed by atoms with van der Waals surface area (Å²) in [6, 6.07) is 8.37. The number of rotatable bonds is 6. The molecule has 26 heavy (non-hydrogen) atoms. The van der Waals surface area contributed by atoms with Gasteiger partial charge in [-0.05, 0) is 48.3 Å². The second-order valence-corrected chi connectivity index (χ2v) is 8.25. The van der Waals surface area contributed by atoms with Crippen molar-refractivity contribution >= 4 is 18.3 Å². The summed E-state index contributed by atoms with van der Waals surface area (Å²) in [7, 11) is 1.67. The lowest BCUT2D eigenvalue weighted by atomic mass is 9.80. The molecule has 3 rings (SSSR count). The minimum Gasteiger partial charge on any atom is -0.497 e. The molecular weight excluding hydrogens is 350 g/mol. The van der Waals surface area contributed by atoms with Gasteiger partial charge in [0.05, 0.1) is 19.7 Å². The first kappa shape index (κ1) is 21.0. The number of ether oxygens (including phenoxy) is 1. The highest BCUT2D eigenvalue weighted by Crippen LogP contribution is 2.41. The number of piperidine rings is 1. The van der Waals surface area contributed by atoms with Gasteiger partial charge < -0.3 is 15.8 Å². The number of likely N-dealkylation sites (tertiary alicyclic amines) is 1. The molecule has 2 fully saturated rings. The summed E-state index contributed by atoms with van der Waals surface area (Å²) in [5.74, 6) is 1.51. The van der Waals surface area contributed by atoms with Gasteiger partial charge >= 0.3 is 0 Å². The molecule has 1 aliphatic carbocycles. The van der Waals surface area contributed by atoms with Crippen LogP contribution in [0, 0.1) is 11.3 Å². The SMILES string of the molecule is COc1ccc(C(NC(=O)CN2CCC(N)C(C)(C)C2)C2CC2)cc1.Cl. The van der Waals surface area contributed by atoms with Crippen molar-refractivity contribution in [3.05, 3.63) is 29.8 Å². The zero-order chi connectivity index (χ0) is 18.0. The molecule has 1 saturated carbocycles. The molecular formula is C20H32ClN3O2. The number of hydrogen-bond donors (Lipinski definition) is 2. The molecule has 1 amide bonds. The van der Waals surface area contributed by atoms with E-state index in [1.54, 1.807) is 7.11 Å². The van der Waals surface area contributed by atoms with Crippen LogP contribution in [-0.4, -0.2) is 43.6 Å². The highest BCUT2D eigenvalue weighted by atomic mass is 35.5. The molecule has 1 heterocycles. The fourth-order valence-electron chi connectivity index (χ4n) is 3.76. The van der Waals surface area contributed by atoms with Crippen molar-refractivity contribution in [1.29, 1.82) is 0 Å². The molecule has 2 atom stereocenters. The number of nitrogens with zero attached hydrogens (tertiary/aromatic N) is 1. The summed E-state index contributed by atoms with van der Waals surface area (Å²) in [5, 5.41) is 3.27. The molecule has 2 aliphatic rings. The maximum Gasteiger partial charge on any atom is 0.234 e. The number of nitrogens with one attached hydrogen (secondary N) is 1. The summed E-state index contributed by atoms with van der Waals surface area (Å²) in [6.07, 6.45) is 3.32. The van der Waals surface area contributed by atoms with Crippen molar-refractivity contribution in [3.63, 3.8) is 0 Å². The molecule has 0 aromatic heterocycles. The predicted molar refractivity (Wildman–Crippen MR) is 107 cm³/mol. The van der Waals surface area contributed by atoms with Crippen molar-refractivity contribution in [1.82, 2.24) is 10.2 Å². The number of carbonyl (C=O) groups excluding carboxylic acids is 1. The van der Waals surface area contributed by atoms with Crippen molar-refractivity contribution < 1.29 is 9.53 Å². The lowest BCUT2D eigenvalue weighted by molar-refractivity contribution is -0.124. The van der Waals surface area contributed by atoms with E-state index >= 15 is 0 Å². The number of amides is 1. The molecule has 3 N–H and O–H groups in total. The van der Waals surface area contributed by atoms with Gasteiger partial charge in [-0.25, -0.2) is 0 Å². The Kier molecular flexibility index (Phi) is 6.94. The average Bonchev–Trinajstić information content (AvgIpc) is 3.41. The quantitative estimate of drug-likeness (QED) is 0.795. The van der Waals surface area contributed by atoms with E-state index in [4.69, 9.17) is 10.5 Å². The summed E-state index contributed by atoms with van der Waals surface area (Å²) in [5.41, 5.74) is 7.42. The Labute approximate surface area is 163 Å². The summed E-state index contributed by atoms with van der Waals surface area (Å²) >= 11 is 0. The van der Waals surface area contributed by atoms with E-state index < -0.39 is 0 Å². The largest absolute Gasteiger partial charge is 0.497 e. The van der Waals surface area contributed by atoms with Gasteiger partial charge in [0.25, 0.3) is 0 Å². The van der Waals surface area contributed by atoms with Gasteiger partial charge in [-0.3, -0.25) is 9.69 Å². The van der Waals surface area contributed by atoms with Crippen molar-refractivity contribution in [2.45, 2.75) is 45.2 Å². The molecule has 2 unspecified atom stereocenters. The van der Waals surface area contributed by atoms with E-state index in [0.29, 0.717) is 12.5 Å². The second-order valence-electron chi connectivity index (χ2n) is 8.25. The van der Waals surface area contributed by atoms with Crippen LogP contribution in [0.15, 0.2) is 24.3 Å². The van der Waals surface area contributed by atoms with Gasteiger partial charge in [0.2, 0.25) is 5.91 Å². The molecule has 0 bridgehead atoms. The Morgan fingerprint density at radius 3 is 2.50 bits per heavy atom. The zero-order valence-electron chi connectivity index (χ0n) is 16.0. The normalized spacial score (nSPS) is 23.6. The Bertz CT molecular complexity index is 602. The standard InChI is InChI=1S/C20H31N3O2.ClH/c1-20(2)13-23(11-10-17(20)21)12-18(24)22-19(14-4-5-14)15-6-8-16(25-3)9-7-15;/h6-9,14,17,19H,4-5,10-13,21H2,1-3H3,(H,22,24);1H. The van der Waals surface area contributed by atoms with Crippen LogP contribution in [0.2, 0.25) is 0 Å². The minimum absolute atomic E-state index is 0. The van der Waals surface area contributed by atoms with Crippen LogP contribution < -0.4 is 15.8 Å². The third kappa shape index (κ3) is 5.12. The zero-order valence-corrected chi connectivity index (χ0v) is 16.8. The van der Waals surface area contributed by atoms with E-state index in [9.17, 15) is 4.79 Å². The number of carbonyl (C=O) groups is 1. The van der Waals surface area contributed by atoms with E-state index in [1.165, 1.54) is 12.8 Å². The molecule has 1 saturated heterocycles. The summed E-state index contributed by atoms with van der Waals surface area (Å²) in [6.45, 7) is 6.60. The van der Waals surface area contributed by atoms with Crippen LogP contribution in [0.3, 0.4) is 0 Å². The smallest absolute Gasteiger partial charge is 0.234 e. The first-order chi connectivity index (χ1) is 11.9. The highest BCUT2D eigenvalue weighted by molar-refractivity contribution is 5.85. The van der Waals surface area contributed by atoms with Crippen LogP contribution in [-0.2, 0) is 4.79 Å². The first-order valence-corrected chi connectivity index (χ1v) is 9.30. The van der Waals surface area contributed by atoms with Crippen LogP contribution in [0.4, 0.5) is 0 Å². The molecule has 1 aromatic carbocycles. The monoisotopic (exact) mass is 381 g/mol. The number of nitrogens with two attached hydrogens (primary N) is 1. The number of hydrogen-bond acceptors (Lipinski definition) is 4. The Morgan fingerprint density at radius 2 is 1.96 bits per heavy atom. The molecule has 146 valence electrons.